The van der Waals surface area contributed by atoms with Crippen LogP contribution < -0.4 is 5.32 Å². The third-order valence-electron chi connectivity index (χ3n) is 3.84. The SMILES string of the molecule is CCCCC(CC)COCC(O)CN[C@@H](C)c1ccco1. The van der Waals surface area contributed by atoms with Crippen LogP contribution in [0.1, 0.15) is 58.3 Å². The van der Waals surface area contributed by atoms with Crippen LogP contribution in [0.15, 0.2) is 22.8 Å². The van der Waals surface area contributed by atoms with Gasteiger partial charge in [-0.15, -0.1) is 0 Å². The van der Waals surface area contributed by atoms with Crippen molar-refractivity contribution in [2.24, 2.45) is 5.92 Å². The van der Waals surface area contributed by atoms with Crippen LogP contribution in [-0.4, -0.2) is 31.0 Å². The van der Waals surface area contributed by atoms with Crippen LogP contribution in [0, 0.1) is 5.92 Å². The molecule has 0 fully saturated rings. The topological polar surface area (TPSA) is 54.6 Å². The highest BCUT2D eigenvalue weighted by Crippen LogP contribution is 2.13. The minimum atomic E-state index is -0.480. The summed E-state index contributed by atoms with van der Waals surface area (Å²) in [5.41, 5.74) is 0. The van der Waals surface area contributed by atoms with Crippen LogP contribution in [-0.2, 0) is 4.74 Å². The summed E-state index contributed by atoms with van der Waals surface area (Å²) in [5.74, 6) is 1.50. The van der Waals surface area contributed by atoms with Crippen molar-refractivity contribution in [3.63, 3.8) is 0 Å². The highest BCUT2D eigenvalue weighted by atomic mass is 16.5. The average Bonchev–Trinajstić information content (AvgIpc) is 3.02. The van der Waals surface area contributed by atoms with Crippen molar-refractivity contribution < 1.29 is 14.3 Å². The van der Waals surface area contributed by atoms with Crippen LogP contribution in [0.3, 0.4) is 0 Å². The quantitative estimate of drug-likeness (QED) is 0.620. The largest absolute Gasteiger partial charge is 0.468 e. The van der Waals surface area contributed by atoms with Crippen molar-refractivity contribution in [2.75, 3.05) is 19.8 Å². The molecular weight excluding hydrogens is 266 g/mol. The molecule has 0 spiro atoms. The molecule has 3 atom stereocenters. The molecule has 1 aromatic rings. The zero-order valence-corrected chi connectivity index (χ0v) is 13.7. The van der Waals surface area contributed by atoms with Gasteiger partial charge in [-0.25, -0.2) is 0 Å². The second-order valence-electron chi connectivity index (χ2n) is 5.75. The van der Waals surface area contributed by atoms with E-state index in [-0.39, 0.29) is 6.04 Å². The maximum Gasteiger partial charge on any atom is 0.120 e. The molecule has 0 bridgehead atoms. The number of nitrogens with one attached hydrogen (secondary N) is 1. The molecule has 0 radical (unpaired) electrons. The van der Waals surface area contributed by atoms with E-state index in [2.05, 4.69) is 19.2 Å². The molecule has 0 amide bonds. The lowest BCUT2D eigenvalue weighted by atomic mass is 10.0. The molecule has 1 heterocycles. The van der Waals surface area contributed by atoms with Crippen LogP contribution in [0.5, 0.6) is 0 Å². The normalized spacial score (nSPS) is 15.8. The highest BCUT2D eigenvalue weighted by Gasteiger charge is 2.12. The summed E-state index contributed by atoms with van der Waals surface area (Å²) in [6, 6.07) is 3.90. The molecule has 0 saturated heterocycles. The number of hydrogen-bond donors (Lipinski definition) is 2. The maximum absolute atomic E-state index is 9.94. The second-order valence-corrected chi connectivity index (χ2v) is 5.75. The highest BCUT2D eigenvalue weighted by molar-refractivity contribution is 5.02. The molecule has 2 unspecified atom stereocenters. The fourth-order valence-electron chi connectivity index (χ4n) is 2.28. The summed E-state index contributed by atoms with van der Waals surface area (Å²) in [7, 11) is 0. The predicted octanol–water partition coefficient (Wildman–Crippen LogP) is 3.52. The Morgan fingerprint density at radius 3 is 2.76 bits per heavy atom. The second kappa shape index (κ2) is 10.8. The number of ether oxygens (including phenoxy) is 1. The van der Waals surface area contributed by atoms with E-state index in [1.54, 1.807) is 6.26 Å². The van der Waals surface area contributed by atoms with E-state index < -0.39 is 6.10 Å². The Kier molecular flexibility index (Phi) is 9.39. The molecule has 2 N–H and O–H groups in total. The van der Waals surface area contributed by atoms with Crippen LogP contribution in [0.4, 0.5) is 0 Å². The van der Waals surface area contributed by atoms with E-state index in [9.17, 15) is 5.11 Å². The Balaban J connectivity index is 2.11. The molecule has 0 aromatic carbocycles. The standard InChI is InChI=1S/C17H31NO3/c1-4-6-8-15(5-2)12-20-13-16(19)11-18-14(3)17-9-7-10-21-17/h7,9-10,14-16,18-19H,4-6,8,11-13H2,1-3H3/t14-,15?,16?/m0/s1. The van der Waals surface area contributed by atoms with Gasteiger partial charge in [-0.05, 0) is 31.4 Å². The Morgan fingerprint density at radius 1 is 1.33 bits per heavy atom. The molecule has 4 heteroatoms. The first-order valence-corrected chi connectivity index (χ1v) is 8.19. The first-order chi connectivity index (χ1) is 10.2. The maximum atomic E-state index is 9.94. The zero-order valence-electron chi connectivity index (χ0n) is 13.7. The average molecular weight is 297 g/mol. The molecule has 122 valence electrons. The van der Waals surface area contributed by atoms with E-state index in [0.29, 0.717) is 19.1 Å². The third kappa shape index (κ3) is 7.65. The van der Waals surface area contributed by atoms with Gasteiger partial charge in [0, 0.05) is 13.2 Å². The number of unbranched alkanes of at least 4 members (excludes halogenated alkanes) is 1. The fraction of sp³-hybridized carbons (Fsp3) is 0.765. The molecule has 21 heavy (non-hydrogen) atoms. The van der Waals surface area contributed by atoms with Crippen LogP contribution in [0.25, 0.3) is 0 Å². The molecule has 1 aromatic heterocycles. The molecule has 0 aliphatic carbocycles. The van der Waals surface area contributed by atoms with Gasteiger partial charge in [-0.3, -0.25) is 0 Å². The number of aliphatic hydroxyl groups is 1. The summed E-state index contributed by atoms with van der Waals surface area (Å²) in [5, 5.41) is 13.2. The number of hydrogen-bond acceptors (Lipinski definition) is 4. The van der Waals surface area contributed by atoms with Crippen LogP contribution >= 0.6 is 0 Å². The predicted molar refractivity (Wildman–Crippen MR) is 85.3 cm³/mol. The van der Waals surface area contributed by atoms with E-state index >= 15 is 0 Å². The molecular formula is C17H31NO3. The molecule has 0 aliphatic heterocycles. The van der Waals surface area contributed by atoms with E-state index in [4.69, 9.17) is 9.15 Å². The summed E-state index contributed by atoms with van der Waals surface area (Å²) >= 11 is 0. The monoisotopic (exact) mass is 297 g/mol. The van der Waals surface area contributed by atoms with E-state index in [1.807, 2.05) is 19.1 Å². The van der Waals surface area contributed by atoms with Crippen molar-refractivity contribution in [1.82, 2.24) is 5.32 Å². The van der Waals surface area contributed by atoms with Gasteiger partial charge in [0.1, 0.15) is 5.76 Å². The zero-order chi connectivity index (χ0) is 15.5. The first kappa shape index (κ1) is 18.2. The van der Waals surface area contributed by atoms with Gasteiger partial charge in [0.25, 0.3) is 0 Å². The van der Waals surface area contributed by atoms with Gasteiger partial charge in [0.2, 0.25) is 0 Å². The van der Waals surface area contributed by atoms with Crippen molar-refractivity contribution in [2.45, 2.75) is 58.6 Å². The van der Waals surface area contributed by atoms with Gasteiger partial charge in [0.05, 0.1) is 25.0 Å². The van der Waals surface area contributed by atoms with Crippen molar-refractivity contribution >= 4 is 0 Å². The third-order valence-corrected chi connectivity index (χ3v) is 3.84. The Hall–Kier alpha value is -0.840. The van der Waals surface area contributed by atoms with Gasteiger partial charge < -0.3 is 19.6 Å². The Bertz CT molecular complexity index is 340. The molecule has 0 saturated carbocycles. The fourth-order valence-corrected chi connectivity index (χ4v) is 2.28. The van der Waals surface area contributed by atoms with Crippen molar-refractivity contribution in [3.8, 4) is 0 Å². The van der Waals surface area contributed by atoms with Crippen molar-refractivity contribution in [3.05, 3.63) is 24.2 Å². The van der Waals surface area contributed by atoms with Gasteiger partial charge in [-0.1, -0.05) is 33.1 Å². The van der Waals surface area contributed by atoms with Crippen molar-refractivity contribution in [1.29, 1.82) is 0 Å². The first-order valence-electron chi connectivity index (χ1n) is 8.19. The van der Waals surface area contributed by atoms with E-state index in [0.717, 1.165) is 18.8 Å². The van der Waals surface area contributed by atoms with Crippen LogP contribution in [0.2, 0.25) is 0 Å². The summed E-state index contributed by atoms with van der Waals surface area (Å²) < 4.78 is 11.0. The molecule has 0 aliphatic rings. The Labute approximate surface area is 128 Å². The summed E-state index contributed by atoms with van der Waals surface area (Å²) in [4.78, 5) is 0. The number of furan rings is 1. The smallest absolute Gasteiger partial charge is 0.120 e. The number of rotatable bonds is 12. The van der Waals surface area contributed by atoms with Gasteiger partial charge in [-0.2, -0.15) is 0 Å². The lowest BCUT2D eigenvalue weighted by Gasteiger charge is -2.18. The molecule has 4 nitrogen and oxygen atoms in total. The minimum Gasteiger partial charge on any atom is -0.468 e. The molecule has 1 rings (SSSR count). The Morgan fingerprint density at radius 2 is 2.14 bits per heavy atom. The van der Waals surface area contributed by atoms with Gasteiger partial charge >= 0.3 is 0 Å². The number of aliphatic hydroxyl groups excluding tert-OH is 1. The van der Waals surface area contributed by atoms with E-state index in [1.165, 1.54) is 19.3 Å². The summed E-state index contributed by atoms with van der Waals surface area (Å²) in [6.45, 7) is 8.08. The lowest BCUT2D eigenvalue weighted by molar-refractivity contribution is 0.0182. The van der Waals surface area contributed by atoms with Gasteiger partial charge in [0.15, 0.2) is 0 Å². The lowest BCUT2D eigenvalue weighted by Crippen LogP contribution is -2.32. The minimum absolute atomic E-state index is 0.0996. The summed E-state index contributed by atoms with van der Waals surface area (Å²) in [6.07, 6.45) is 6.03.